The number of carbonyl (C=O) groups is 1. The summed E-state index contributed by atoms with van der Waals surface area (Å²) in [5, 5.41) is 0. The first kappa shape index (κ1) is 22.9. The van der Waals surface area contributed by atoms with Crippen molar-refractivity contribution >= 4 is 6.29 Å². The van der Waals surface area contributed by atoms with Crippen LogP contribution in [-0.2, 0) is 43.6 Å². The lowest BCUT2D eigenvalue weighted by Crippen LogP contribution is -2.47. The Labute approximate surface area is 194 Å². The van der Waals surface area contributed by atoms with Gasteiger partial charge in [-0.1, -0.05) is 91.0 Å². The van der Waals surface area contributed by atoms with Crippen LogP contribution in [0.4, 0.5) is 0 Å². The maximum Gasteiger partial charge on any atom is 0.184 e. The molecule has 0 spiro atoms. The van der Waals surface area contributed by atoms with E-state index in [2.05, 4.69) is 0 Å². The van der Waals surface area contributed by atoms with Gasteiger partial charge in [-0.25, -0.2) is 0 Å². The number of carbonyl (C=O) groups excluding carboxylic acids is 1. The van der Waals surface area contributed by atoms with Crippen molar-refractivity contribution in [3.63, 3.8) is 0 Å². The number of allylic oxidation sites excluding steroid dienone is 1. The van der Waals surface area contributed by atoms with Gasteiger partial charge in [0.25, 0.3) is 0 Å². The van der Waals surface area contributed by atoms with Crippen molar-refractivity contribution < 1.29 is 23.7 Å². The maximum absolute atomic E-state index is 11.6. The third kappa shape index (κ3) is 6.86. The molecule has 0 bridgehead atoms. The van der Waals surface area contributed by atoms with Gasteiger partial charge in [-0.3, -0.25) is 4.79 Å². The van der Waals surface area contributed by atoms with Crippen LogP contribution < -0.4 is 0 Å². The van der Waals surface area contributed by atoms with E-state index in [-0.39, 0.29) is 12.4 Å². The van der Waals surface area contributed by atoms with Crippen LogP contribution in [0.1, 0.15) is 16.7 Å². The zero-order chi connectivity index (χ0) is 22.7. The van der Waals surface area contributed by atoms with E-state index in [9.17, 15) is 4.79 Å². The van der Waals surface area contributed by atoms with Crippen LogP contribution in [0.25, 0.3) is 0 Å². The molecule has 1 aliphatic rings. The van der Waals surface area contributed by atoms with Gasteiger partial charge in [0.2, 0.25) is 0 Å². The van der Waals surface area contributed by atoms with Gasteiger partial charge in [-0.15, -0.1) is 0 Å². The topological polar surface area (TPSA) is 54.0 Å². The Balaban J connectivity index is 1.47. The van der Waals surface area contributed by atoms with E-state index in [1.54, 1.807) is 6.08 Å². The van der Waals surface area contributed by atoms with Gasteiger partial charge in [0.05, 0.1) is 26.4 Å². The van der Waals surface area contributed by atoms with Crippen LogP contribution in [0.5, 0.6) is 0 Å². The van der Waals surface area contributed by atoms with Crippen molar-refractivity contribution in [3.8, 4) is 0 Å². The van der Waals surface area contributed by atoms with Gasteiger partial charge in [0.1, 0.15) is 12.2 Å². The van der Waals surface area contributed by atoms with Crippen LogP contribution in [-0.4, -0.2) is 31.2 Å². The molecule has 3 aromatic carbocycles. The van der Waals surface area contributed by atoms with Gasteiger partial charge in [0, 0.05) is 0 Å². The molecule has 0 saturated carbocycles. The average molecular weight is 445 g/mol. The fraction of sp³-hybridized carbons (Fsp3) is 0.250. The highest BCUT2D eigenvalue weighted by Gasteiger charge is 2.37. The van der Waals surface area contributed by atoms with Crippen LogP contribution in [0, 0.1) is 0 Å². The zero-order valence-electron chi connectivity index (χ0n) is 18.4. The molecule has 3 unspecified atom stereocenters. The third-order valence-corrected chi connectivity index (χ3v) is 5.39. The highest BCUT2D eigenvalue weighted by Crippen LogP contribution is 2.25. The molecule has 1 heterocycles. The van der Waals surface area contributed by atoms with E-state index in [1.165, 1.54) is 0 Å². The molecule has 170 valence electrons. The summed E-state index contributed by atoms with van der Waals surface area (Å²) in [7, 11) is 0. The summed E-state index contributed by atoms with van der Waals surface area (Å²) < 4.78 is 24.4. The summed E-state index contributed by atoms with van der Waals surface area (Å²) in [6.07, 6.45) is 1.03. The summed E-state index contributed by atoms with van der Waals surface area (Å²) in [6, 6.07) is 29.8. The molecule has 0 N–H and O–H groups in total. The first-order chi connectivity index (χ1) is 16.3. The minimum absolute atomic E-state index is 0.237. The molecule has 33 heavy (non-hydrogen) atoms. The van der Waals surface area contributed by atoms with Gasteiger partial charge in [-0.05, 0) is 22.8 Å². The lowest BCUT2D eigenvalue weighted by Gasteiger charge is -2.36. The molecule has 5 heteroatoms. The zero-order valence-corrected chi connectivity index (χ0v) is 18.4. The van der Waals surface area contributed by atoms with Crippen molar-refractivity contribution in [1.82, 2.24) is 0 Å². The quantitative estimate of drug-likeness (QED) is 0.396. The first-order valence-corrected chi connectivity index (χ1v) is 11.1. The second-order valence-corrected chi connectivity index (χ2v) is 7.87. The Morgan fingerprint density at radius 1 is 0.697 bits per heavy atom. The number of hydrogen-bond donors (Lipinski definition) is 0. The maximum atomic E-state index is 11.6. The number of rotatable bonds is 11. The molecule has 5 nitrogen and oxygen atoms in total. The first-order valence-electron chi connectivity index (χ1n) is 11.1. The number of hydrogen-bond acceptors (Lipinski definition) is 5. The summed E-state index contributed by atoms with van der Waals surface area (Å²) in [6.45, 7) is 1.52. The second kappa shape index (κ2) is 12.1. The van der Waals surface area contributed by atoms with Crippen molar-refractivity contribution in [1.29, 1.82) is 0 Å². The highest BCUT2D eigenvalue weighted by atomic mass is 16.6. The van der Waals surface area contributed by atoms with Crippen molar-refractivity contribution in [2.24, 2.45) is 0 Å². The van der Waals surface area contributed by atoms with Crippen LogP contribution >= 0.6 is 0 Å². The smallest absolute Gasteiger partial charge is 0.184 e. The molecule has 4 rings (SSSR count). The Morgan fingerprint density at radius 2 is 1.21 bits per heavy atom. The van der Waals surface area contributed by atoms with E-state index >= 15 is 0 Å². The van der Waals surface area contributed by atoms with Gasteiger partial charge < -0.3 is 18.9 Å². The SMILES string of the molecule is O=CC1=CC(OCc2ccccc2)C(OCc2ccccc2)C(COCc2ccccc2)O1. The van der Waals surface area contributed by atoms with E-state index in [0.717, 1.165) is 16.7 Å². The van der Waals surface area contributed by atoms with E-state index < -0.39 is 18.3 Å². The highest BCUT2D eigenvalue weighted by molar-refractivity contribution is 5.70. The van der Waals surface area contributed by atoms with Gasteiger partial charge >= 0.3 is 0 Å². The molecule has 0 aliphatic carbocycles. The minimum atomic E-state index is -0.483. The summed E-state index contributed by atoms with van der Waals surface area (Å²) in [4.78, 5) is 11.6. The van der Waals surface area contributed by atoms with Crippen molar-refractivity contribution in [3.05, 3.63) is 120 Å². The Kier molecular flexibility index (Phi) is 8.42. The largest absolute Gasteiger partial charge is 0.482 e. The fourth-order valence-electron chi connectivity index (χ4n) is 3.69. The van der Waals surface area contributed by atoms with E-state index in [0.29, 0.717) is 26.1 Å². The lowest BCUT2D eigenvalue weighted by molar-refractivity contribution is -0.155. The van der Waals surface area contributed by atoms with Crippen LogP contribution in [0.15, 0.2) is 103 Å². The number of ether oxygens (including phenoxy) is 4. The predicted molar refractivity (Wildman–Crippen MR) is 125 cm³/mol. The number of benzene rings is 3. The molecular weight excluding hydrogens is 416 g/mol. The Bertz CT molecular complexity index is 1000. The van der Waals surface area contributed by atoms with Crippen LogP contribution in [0.2, 0.25) is 0 Å². The fourth-order valence-corrected chi connectivity index (χ4v) is 3.69. The molecular formula is C28H28O5. The summed E-state index contributed by atoms with van der Waals surface area (Å²) in [5.74, 6) is 0.237. The standard InChI is InChI=1S/C28H28O5/c29-17-25-16-26(31-19-23-12-6-2-7-13-23)28(32-20-24-14-8-3-9-15-24)27(33-25)21-30-18-22-10-4-1-5-11-22/h1-17,26-28H,18-21H2. The van der Waals surface area contributed by atoms with Crippen molar-refractivity contribution in [2.75, 3.05) is 6.61 Å². The molecule has 0 radical (unpaired) electrons. The Morgan fingerprint density at radius 3 is 1.76 bits per heavy atom. The van der Waals surface area contributed by atoms with Gasteiger partial charge in [0.15, 0.2) is 18.1 Å². The molecule has 3 atom stereocenters. The molecule has 0 fully saturated rings. The lowest BCUT2D eigenvalue weighted by atomic mass is 10.0. The van der Waals surface area contributed by atoms with Gasteiger partial charge in [-0.2, -0.15) is 0 Å². The Hall–Kier alpha value is -3.25. The molecule has 0 aromatic heterocycles. The average Bonchev–Trinajstić information content (AvgIpc) is 2.88. The molecule has 1 aliphatic heterocycles. The van der Waals surface area contributed by atoms with E-state index in [1.807, 2.05) is 91.0 Å². The van der Waals surface area contributed by atoms with Crippen LogP contribution in [0.3, 0.4) is 0 Å². The predicted octanol–water partition coefficient (Wildman–Crippen LogP) is 4.86. The van der Waals surface area contributed by atoms with Crippen molar-refractivity contribution in [2.45, 2.75) is 38.1 Å². The molecule has 3 aromatic rings. The number of aldehydes is 1. The minimum Gasteiger partial charge on any atom is -0.482 e. The second-order valence-electron chi connectivity index (χ2n) is 7.87. The molecule has 0 saturated heterocycles. The third-order valence-electron chi connectivity index (χ3n) is 5.39. The normalized spacial score (nSPS) is 20.0. The summed E-state index contributed by atoms with van der Waals surface area (Å²) >= 11 is 0. The van der Waals surface area contributed by atoms with E-state index in [4.69, 9.17) is 18.9 Å². The summed E-state index contributed by atoms with van der Waals surface area (Å²) in [5.41, 5.74) is 3.16. The molecule has 0 amide bonds. The monoisotopic (exact) mass is 444 g/mol.